The van der Waals surface area contributed by atoms with Gasteiger partial charge >= 0.3 is 0 Å². The highest BCUT2D eigenvalue weighted by molar-refractivity contribution is 4.90. The smallest absolute Gasteiger partial charge is 0.168 e. The van der Waals surface area contributed by atoms with Crippen LogP contribution in [0.15, 0.2) is 0 Å². The summed E-state index contributed by atoms with van der Waals surface area (Å²) in [6, 6.07) is 0. The van der Waals surface area contributed by atoms with Crippen molar-refractivity contribution in [1.29, 1.82) is 0 Å². The number of hydrogen-bond donors (Lipinski definition) is 0. The summed E-state index contributed by atoms with van der Waals surface area (Å²) < 4.78 is 12.4. The molecule has 1 heterocycles. The van der Waals surface area contributed by atoms with E-state index in [-0.39, 0.29) is 11.9 Å². The first kappa shape index (κ1) is 19.2. The van der Waals surface area contributed by atoms with Crippen LogP contribution < -0.4 is 0 Å². The minimum Gasteiger partial charge on any atom is -0.347 e. The molecular formula is C19H37NO3. The fourth-order valence-electron chi connectivity index (χ4n) is 4.50. The molecule has 1 saturated carbocycles. The third kappa shape index (κ3) is 5.15. The van der Waals surface area contributed by atoms with Crippen molar-refractivity contribution < 1.29 is 14.3 Å². The summed E-state index contributed by atoms with van der Waals surface area (Å²) in [7, 11) is 3.65. The zero-order valence-electron chi connectivity index (χ0n) is 16.1. The van der Waals surface area contributed by atoms with Gasteiger partial charge in [0.2, 0.25) is 0 Å². The fraction of sp³-hybridized carbons (Fsp3) is 1.00. The summed E-state index contributed by atoms with van der Waals surface area (Å²) in [6.45, 7) is 11.2. The van der Waals surface area contributed by atoms with Gasteiger partial charge in [0, 0.05) is 26.4 Å². The first-order chi connectivity index (χ1) is 10.8. The van der Waals surface area contributed by atoms with Gasteiger partial charge in [-0.05, 0) is 42.9 Å². The van der Waals surface area contributed by atoms with Gasteiger partial charge in [-0.25, -0.2) is 0 Å². The predicted molar refractivity (Wildman–Crippen MR) is 93.0 cm³/mol. The molecule has 0 N–H and O–H groups in total. The van der Waals surface area contributed by atoms with E-state index in [1.165, 1.54) is 19.3 Å². The van der Waals surface area contributed by atoms with E-state index in [1.807, 2.05) is 12.1 Å². The van der Waals surface area contributed by atoms with E-state index < -0.39 is 0 Å². The average molecular weight is 328 g/mol. The molecule has 23 heavy (non-hydrogen) atoms. The average Bonchev–Trinajstić information content (AvgIpc) is 2.87. The van der Waals surface area contributed by atoms with Crippen molar-refractivity contribution in [2.45, 2.75) is 78.1 Å². The Morgan fingerprint density at radius 3 is 2.48 bits per heavy atom. The molecule has 0 bridgehead atoms. The van der Waals surface area contributed by atoms with Crippen molar-refractivity contribution in [3.05, 3.63) is 0 Å². The minimum atomic E-state index is -0.291. The molecule has 1 aliphatic carbocycles. The van der Waals surface area contributed by atoms with Crippen LogP contribution in [0.4, 0.5) is 0 Å². The molecule has 4 heteroatoms. The first-order valence-corrected chi connectivity index (χ1v) is 9.33. The lowest BCUT2D eigenvalue weighted by atomic mass is 9.66. The Morgan fingerprint density at radius 1 is 1.26 bits per heavy atom. The number of hydroxylamine groups is 2. The molecule has 0 aromatic rings. The third-order valence-electron chi connectivity index (χ3n) is 5.78. The molecular weight excluding hydrogens is 290 g/mol. The zero-order chi connectivity index (χ0) is 17.1. The molecule has 1 unspecified atom stereocenters. The van der Waals surface area contributed by atoms with E-state index in [4.69, 9.17) is 14.3 Å². The van der Waals surface area contributed by atoms with Crippen LogP contribution in [0.25, 0.3) is 0 Å². The third-order valence-corrected chi connectivity index (χ3v) is 5.78. The standard InChI is InChI=1S/C19H37NO3/c1-15(2)13-18(3,4)16-7-10-19(11-8-16)22-14-17(23-19)9-12-20(5)21-6/h15-17H,7-14H2,1-6H3. The molecule has 1 atom stereocenters. The summed E-state index contributed by atoms with van der Waals surface area (Å²) >= 11 is 0. The van der Waals surface area contributed by atoms with E-state index in [9.17, 15) is 0 Å². The largest absolute Gasteiger partial charge is 0.347 e. The second-order valence-corrected chi connectivity index (χ2v) is 8.65. The Kier molecular flexibility index (Phi) is 6.51. The van der Waals surface area contributed by atoms with Gasteiger partial charge in [-0.1, -0.05) is 27.7 Å². The number of rotatable bonds is 7. The van der Waals surface area contributed by atoms with E-state index >= 15 is 0 Å². The summed E-state index contributed by atoms with van der Waals surface area (Å²) in [4.78, 5) is 5.17. The number of ether oxygens (including phenoxy) is 2. The van der Waals surface area contributed by atoms with Gasteiger partial charge in [0.1, 0.15) is 0 Å². The maximum absolute atomic E-state index is 6.32. The van der Waals surface area contributed by atoms with Crippen molar-refractivity contribution in [1.82, 2.24) is 5.06 Å². The number of nitrogens with zero attached hydrogens (tertiary/aromatic N) is 1. The second-order valence-electron chi connectivity index (χ2n) is 8.65. The monoisotopic (exact) mass is 327 g/mol. The van der Waals surface area contributed by atoms with Crippen LogP contribution in [-0.4, -0.2) is 44.3 Å². The molecule has 1 aliphatic heterocycles. The lowest BCUT2D eigenvalue weighted by molar-refractivity contribution is -0.199. The second kappa shape index (κ2) is 7.81. The summed E-state index contributed by atoms with van der Waals surface area (Å²) in [5, 5.41) is 1.85. The summed E-state index contributed by atoms with van der Waals surface area (Å²) in [6.07, 6.45) is 7.04. The Morgan fingerprint density at radius 2 is 1.91 bits per heavy atom. The molecule has 0 amide bonds. The molecule has 4 nitrogen and oxygen atoms in total. The Bertz CT molecular complexity index is 362. The van der Waals surface area contributed by atoms with Gasteiger partial charge in [0.25, 0.3) is 0 Å². The van der Waals surface area contributed by atoms with Crippen LogP contribution in [0.3, 0.4) is 0 Å². The lowest BCUT2D eigenvalue weighted by Gasteiger charge is -2.43. The molecule has 0 aromatic heterocycles. The zero-order valence-corrected chi connectivity index (χ0v) is 16.1. The maximum atomic E-state index is 6.32. The van der Waals surface area contributed by atoms with E-state index in [2.05, 4.69) is 27.7 Å². The van der Waals surface area contributed by atoms with Gasteiger partial charge in [-0.2, -0.15) is 5.06 Å². The van der Waals surface area contributed by atoms with Crippen LogP contribution in [-0.2, 0) is 14.3 Å². The fourth-order valence-corrected chi connectivity index (χ4v) is 4.50. The number of hydrogen-bond acceptors (Lipinski definition) is 4. The molecule has 2 aliphatic rings. The quantitative estimate of drug-likeness (QED) is 0.654. The van der Waals surface area contributed by atoms with Crippen molar-refractivity contribution in [2.24, 2.45) is 17.3 Å². The van der Waals surface area contributed by atoms with E-state index in [0.717, 1.165) is 44.2 Å². The first-order valence-electron chi connectivity index (χ1n) is 9.33. The summed E-state index contributed by atoms with van der Waals surface area (Å²) in [5.41, 5.74) is 0.426. The van der Waals surface area contributed by atoms with Crippen molar-refractivity contribution in [3.63, 3.8) is 0 Å². The Labute approximate surface area is 142 Å². The van der Waals surface area contributed by atoms with Gasteiger partial charge < -0.3 is 14.3 Å². The van der Waals surface area contributed by atoms with Gasteiger partial charge in [-0.3, -0.25) is 0 Å². The summed E-state index contributed by atoms with van der Waals surface area (Å²) in [5.74, 6) is 1.27. The highest BCUT2D eigenvalue weighted by atomic mass is 16.7. The lowest BCUT2D eigenvalue weighted by Crippen LogP contribution is -2.40. The van der Waals surface area contributed by atoms with E-state index in [1.54, 1.807) is 7.11 Å². The topological polar surface area (TPSA) is 30.9 Å². The van der Waals surface area contributed by atoms with Crippen LogP contribution in [0.5, 0.6) is 0 Å². The predicted octanol–water partition coefficient (Wildman–Crippen LogP) is 4.24. The maximum Gasteiger partial charge on any atom is 0.168 e. The van der Waals surface area contributed by atoms with Crippen LogP contribution in [0.2, 0.25) is 0 Å². The minimum absolute atomic E-state index is 0.216. The van der Waals surface area contributed by atoms with Gasteiger partial charge in [0.05, 0.1) is 19.8 Å². The molecule has 2 fully saturated rings. The van der Waals surface area contributed by atoms with Crippen LogP contribution >= 0.6 is 0 Å². The Hall–Kier alpha value is -0.160. The highest BCUT2D eigenvalue weighted by Crippen LogP contribution is 2.48. The normalized spacial score (nSPS) is 32.3. The van der Waals surface area contributed by atoms with Crippen LogP contribution in [0, 0.1) is 17.3 Å². The molecule has 136 valence electrons. The molecule has 2 rings (SSSR count). The van der Waals surface area contributed by atoms with Crippen molar-refractivity contribution in [2.75, 3.05) is 27.3 Å². The molecule has 1 spiro atoms. The Balaban J connectivity index is 1.80. The van der Waals surface area contributed by atoms with Crippen molar-refractivity contribution >= 4 is 0 Å². The highest BCUT2D eigenvalue weighted by Gasteiger charge is 2.46. The van der Waals surface area contributed by atoms with Gasteiger partial charge in [-0.15, -0.1) is 0 Å². The van der Waals surface area contributed by atoms with Crippen LogP contribution in [0.1, 0.15) is 66.2 Å². The van der Waals surface area contributed by atoms with Gasteiger partial charge in [0.15, 0.2) is 5.79 Å². The van der Waals surface area contributed by atoms with Crippen molar-refractivity contribution in [3.8, 4) is 0 Å². The molecule has 0 radical (unpaired) electrons. The van der Waals surface area contributed by atoms with E-state index in [0.29, 0.717) is 5.41 Å². The SMILES string of the molecule is CON(C)CCC1COC2(CCC(C(C)(C)CC(C)C)CC2)O1. The molecule has 0 aromatic carbocycles. The molecule has 1 saturated heterocycles.